The first-order valence-corrected chi connectivity index (χ1v) is 17.3. The smallest absolute Gasteiger partial charge is 0.0408 e. The molecule has 0 unspecified atom stereocenters. The Morgan fingerprint density at radius 3 is 0.973 bits per heavy atom. The monoisotopic (exact) mass is 972 g/mol. The van der Waals surface area contributed by atoms with Crippen LogP contribution in [0.1, 0.15) is 0 Å². The molecule has 0 amide bonds. The zero-order valence-corrected chi connectivity index (χ0v) is 29.0. The summed E-state index contributed by atoms with van der Waals surface area (Å²) in [6.45, 7) is 17.1. The number of rotatable bonds is 4. The SMILES string of the molecule is Cl[C-](Cl)Cl.[Au].[Au].[CH2-]P([CH2-])(Cl)(c1ccccc1)c1ccccc1.[CH2-][P+]([CH2-])(c1ccccc1)c1ccccc1. The summed E-state index contributed by atoms with van der Waals surface area (Å²) in [5, 5.41) is 4.52. The van der Waals surface area contributed by atoms with Crippen LogP contribution in [0.25, 0.3) is 0 Å². The second-order valence-corrected chi connectivity index (χ2v) is 18.8. The summed E-state index contributed by atoms with van der Waals surface area (Å²) < 4.78 is -0.167. The fraction of sp³-hybridized carbons (Fsp3) is 0. The van der Waals surface area contributed by atoms with Gasteiger partial charge in [0.2, 0.25) is 0 Å². The molecule has 0 fully saturated rings. The first kappa shape index (κ1) is 37.4. The third-order valence-corrected chi connectivity index (χ3v) is 11.9. The van der Waals surface area contributed by atoms with Gasteiger partial charge < -0.3 is 34.8 Å². The number of hydrogen-bond donors (Lipinski definition) is 0. The van der Waals surface area contributed by atoms with Crippen LogP contribution in [-0.4, -0.2) is 0 Å². The molecule has 37 heavy (non-hydrogen) atoms. The Bertz CT molecular complexity index is 1050. The van der Waals surface area contributed by atoms with Crippen LogP contribution in [0.2, 0.25) is 0 Å². The number of benzene rings is 4. The third-order valence-electron chi connectivity index (χ3n) is 5.20. The average Bonchev–Trinajstić information content (AvgIpc) is 2.86. The van der Waals surface area contributed by atoms with Crippen LogP contribution in [0.4, 0.5) is 0 Å². The second-order valence-electron chi connectivity index (χ2n) is 7.90. The van der Waals surface area contributed by atoms with Crippen molar-refractivity contribution >= 4 is 80.5 Å². The average molecular weight is 974 g/mol. The minimum absolute atomic E-state index is 0. The van der Waals surface area contributed by atoms with Crippen molar-refractivity contribution in [1.82, 2.24) is 0 Å². The van der Waals surface area contributed by atoms with Gasteiger partial charge in [0, 0.05) is 55.4 Å². The molecule has 0 aliphatic carbocycles. The Balaban J connectivity index is 0.000000586. The van der Waals surface area contributed by atoms with Crippen LogP contribution in [-0.2, 0) is 44.8 Å². The molecular formula is C29H28Au2Cl4P2-4. The van der Waals surface area contributed by atoms with Gasteiger partial charge in [-0.3, -0.25) is 0 Å². The molecule has 4 aromatic carbocycles. The minimum Gasteiger partial charge on any atom is -0.199 e. The molecule has 0 saturated carbocycles. The van der Waals surface area contributed by atoms with Crippen LogP contribution in [0.15, 0.2) is 121 Å². The normalized spacial score (nSPS) is 11.6. The fourth-order valence-electron chi connectivity index (χ4n) is 3.26. The molecule has 0 nitrogen and oxygen atoms in total. The van der Waals surface area contributed by atoms with E-state index >= 15 is 0 Å². The zero-order valence-electron chi connectivity index (χ0n) is 19.9. The minimum atomic E-state index is -2.96. The molecule has 0 N–H and O–H groups in total. The third kappa shape index (κ3) is 11.8. The van der Waals surface area contributed by atoms with E-state index in [9.17, 15) is 0 Å². The van der Waals surface area contributed by atoms with E-state index in [2.05, 4.69) is 50.9 Å². The molecule has 2 radical (unpaired) electrons. The van der Waals surface area contributed by atoms with Crippen molar-refractivity contribution in [2.75, 3.05) is 0 Å². The molecule has 0 aliphatic rings. The zero-order chi connectivity index (χ0) is 26.0. The molecule has 0 aromatic heterocycles. The summed E-state index contributed by atoms with van der Waals surface area (Å²) in [5.74, 6) is -2.96. The van der Waals surface area contributed by atoms with Gasteiger partial charge in [0.15, 0.2) is 0 Å². The second kappa shape index (κ2) is 17.3. The van der Waals surface area contributed by atoms with Crippen LogP contribution in [0, 0.1) is 31.0 Å². The van der Waals surface area contributed by atoms with Crippen LogP contribution in [0.5, 0.6) is 0 Å². The van der Waals surface area contributed by atoms with E-state index in [4.69, 9.17) is 46.0 Å². The van der Waals surface area contributed by atoms with E-state index in [0.29, 0.717) is 0 Å². The van der Waals surface area contributed by atoms with Gasteiger partial charge in [-0.25, -0.2) is 0 Å². The Labute approximate surface area is 274 Å². The quantitative estimate of drug-likeness (QED) is 0.109. The molecule has 0 spiro atoms. The van der Waals surface area contributed by atoms with Gasteiger partial charge in [0.05, 0.1) is 0 Å². The van der Waals surface area contributed by atoms with Crippen molar-refractivity contribution in [3.05, 3.63) is 152 Å². The van der Waals surface area contributed by atoms with Crippen molar-refractivity contribution in [2.24, 2.45) is 0 Å². The maximum absolute atomic E-state index is 6.75. The van der Waals surface area contributed by atoms with E-state index in [1.807, 2.05) is 97.1 Å². The van der Waals surface area contributed by atoms with E-state index in [0.717, 1.165) is 10.6 Å². The fourth-order valence-corrected chi connectivity index (χ4v) is 7.73. The molecular weight excluding hydrogens is 946 g/mol. The van der Waals surface area contributed by atoms with Crippen molar-refractivity contribution in [3.63, 3.8) is 0 Å². The molecule has 4 rings (SSSR count). The molecule has 0 heterocycles. The van der Waals surface area contributed by atoms with E-state index in [1.54, 1.807) is 0 Å². The Morgan fingerprint density at radius 1 is 0.514 bits per heavy atom. The molecule has 0 bridgehead atoms. The molecule has 8 heteroatoms. The van der Waals surface area contributed by atoms with Crippen molar-refractivity contribution < 1.29 is 44.8 Å². The molecule has 0 atom stereocenters. The van der Waals surface area contributed by atoms with Gasteiger partial charge in [-0.2, -0.15) is 20.6 Å². The largest absolute Gasteiger partial charge is 0.199 e. The number of halogens is 4. The maximum Gasteiger partial charge on any atom is 0.0408 e. The van der Waals surface area contributed by atoms with Gasteiger partial charge in [0.25, 0.3) is 0 Å². The van der Waals surface area contributed by atoms with E-state index in [1.165, 1.54) is 10.6 Å². The van der Waals surface area contributed by atoms with Gasteiger partial charge >= 0.3 is 102 Å². The van der Waals surface area contributed by atoms with Gasteiger partial charge in [-0.05, 0) is 24.3 Å². The molecule has 4 aromatic rings. The summed E-state index contributed by atoms with van der Waals surface area (Å²) >= 11 is 20.9. The number of hydrogen-bond acceptors (Lipinski definition) is 0. The predicted molar refractivity (Wildman–Crippen MR) is 166 cm³/mol. The summed E-state index contributed by atoms with van der Waals surface area (Å²) in [4.78, 5) is 0. The first-order valence-electron chi connectivity index (χ1n) is 10.5. The van der Waals surface area contributed by atoms with Crippen molar-refractivity contribution in [3.8, 4) is 0 Å². The van der Waals surface area contributed by atoms with E-state index < -0.39 is 13.2 Å². The maximum atomic E-state index is 6.75. The van der Waals surface area contributed by atoms with Crippen molar-refractivity contribution in [1.29, 1.82) is 0 Å². The Morgan fingerprint density at radius 2 is 0.730 bits per heavy atom. The van der Waals surface area contributed by atoms with Gasteiger partial charge in [0.1, 0.15) is 0 Å². The first-order chi connectivity index (χ1) is 16.4. The molecule has 0 saturated heterocycles. The molecule has 208 valence electrons. The summed E-state index contributed by atoms with van der Waals surface area (Å²) in [7, 11) is -1.65. The van der Waals surface area contributed by atoms with Gasteiger partial charge in [-0.15, -0.1) is 0 Å². The van der Waals surface area contributed by atoms with E-state index in [-0.39, 0.29) is 49.1 Å². The molecule has 0 aliphatic heterocycles. The van der Waals surface area contributed by atoms with Crippen LogP contribution in [0.3, 0.4) is 0 Å². The summed E-state index contributed by atoms with van der Waals surface area (Å²) in [5.41, 5.74) is 0. The van der Waals surface area contributed by atoms with Crippen LogP contribution < -0.4 is 21.2 Å². The summed E-state index contributed by atoms with van der Waals surface area (Å²) in [6, 6.07) is 40.5. The van der Waals surface area contributed by atoms with Gasteiger partial charge in [-0.1, -0.05) is 40.7 Å². The Kier molecular flexibility index (Phi) is 17.4. The van der Waals surface area contributed by atoms with Crippen LogP contribution >= 0.6 is 59.3 Å². The Hall–Kier alpha value is 0.381. The summed E-state index contributed by atoms with van der Waals surface area (Å²) in [6.07, 6.45) is 0. The van der Waals surface area contributed by atoms with Crippen molar-refractivity contribution in [2.45, 2.75) is 0 Å². The topological polar surface area (TPSA) is 0 Å². The predicted octanol–water partition coefficient (Wildman–Crippen LogP) is 9.31. The standard InChI is InChI=1S/C14H14ClP.C14H14P.CCl3.2Au/c1-16(2,15,13-9-5-3-6-10-13)14-11-7-4-8-12-14;1-15(2,13-9-5-3-6-10-13)14-11-7-4-8-12-14;2-1(3)4;;/h3-12H,1-2H2;3-12H,1-2H2;;;/q-2;2*-1;;.